The molecule has 0 unspecified atom stereocenters. The van der Waals surface area contributed by atoms with Gasteiger partial charge in [-0.1, -0.05) is 0 Å². The summed E-state index contributed by atoms with van der Waals surface area (Å²) in [5.74, 6) is -0.285. The van der Waals surface area contributed by atoms with E-state index in [0.29, 0.717) is 17.2 Å². The first-order chi connectivity index (χ1) is 10.1. The van der Waals surface area contributed by atoms with Crippen LogP contribution in [0.25, 0.3) is 0 Å². The number of methoxy groups -OCH3 is 1. The van der Waals surface area contributed by atoms with Gasteiger partial charge in [-0.15, -0.1) is 11.3 Å². The number of carboxylic acids is 1. The standard InChI is InChI=1S/C14H13NO5S/c1-19-10-4-2-9(3-5-10)15-13(16)7-20-11-6-12(14(17)18)21-8-11/h2-6,8H,7H2,1H3,(H,15,16)(H,17,18). The molecule has 0 spiro atoms. The lowest BCUT2D eigenvalue weighted by Gasteiger charge is -2.07. The maximum Gasteiger partial charge on any atom is 0.346 e. The number of carboxylic acid groups (broad SMARTS) is 1. The molecule has 1 aromatic heterocycles. The smallest absolute Gasteiger partial charge is 0.346 e. The van der Waals surface area contributed by atoms with Gasteiger partial charge < -0.3 is 19.9 Å². The van der Waals surface area contributed by atoms with Crippen LogP contribution < -0.4 is 14.8 Å². The number of thiophene rings is 1. The van der Waals surface area contributed by atoms with E-state index in [1.807, 2.05) is 0 Å². The normalized spacial score (nSPS) is 9.95. The van der Waals surface area contributed by atoms with Gasteiger partial charge in [0.05, 0.1) is 7.11 Å². The topological polar surface area (TPSA) is 84.9 Å². The molecular weight excluding hydrogens is 294 g/mol. The summed E-state index contributed by atoms with van der Waals surface area (Å²) in [5, 5.41) is 13.0. The Morgan fingerprint density at radius 3 is 2.52 bits per heavy atom. The minimum Gasteiger partial charge on any atom is -0.497 e. The minimum absolute atomic E-state index is 0.167. The summed E-state index contributed by atoms with van der Waals surface area (Å²) in [6, 6.07) is 8.27. The molecule has 0 bridgehead atoms. The zero-order chi connectivity index (χ0) is 15.2. The van der Waals surface area contributed by atoms with Gasteiger partial charge in [0.15, 0.2) is 6.61 Å². The van der Waals surface area contributed by atoms with Crippen molar-refractivity contribution in [3.8, 4) is 11.5 Å². The number of rotatable bonds is 6. The third kappa shape index (κ3) is 4.22. The number of aromatic carboxylic acids is 1. The molecule has 0 aliphatic rings. The van der Waals surface area contributed by atoms with Crippen LogP contribution in [-0.2, 0) is 4.79 Å². The number of ether oxygens (including phenoxy) is 2. The van der Waals surface area contributed by atoms with E-state index in [-0.39, 0.29) is 17.4 Å². The molecule has 0 aliphatic carbocycles. The predicted octanol–water partition coefficient (Wildman–Crippen LogP) is 2.47. The fourth-order valence-electron chi connectivity index (χ4n) is 1.53. The molecule has 0 saturated carbocycles. The van der Waals surface area contributed by atoms with Crippen molar-refractivity contribution >= 4 is 28.9 Å². The van der Waals surface area contributed by atoms with Crippen molar-refractivity contribution in [1.29, 1.82) is 0 Å². The van der Waals surface area contributed by atoms with E-state index in [1.54, 1.807) is 36.8 Å². The molecule has 6 nitrogen and oxygen atoms in total. The number of carbonyl (C=O) groups excluding carboxylic acids is 1. The molecule has 21 heavy (non-hydrogen) atoms. The predicted molar refractivity (Wildman–Crippen MR) is 78.4 cm³/mol. The lowest BCUT2D eigenvalue weighted by Crippen LogP contribution is -2.19. The van der Waals surface area contributed by atoms with Crippen molar-refractivity contribution in [2.45, 2.75) is 0 Å². The minimum atomic E-state index is -1.02. The fraction of sp³-hybridized carbons (Fsp3) is 0.143. The van der Waals surface area contributed by atoms with Crippen LogP contribution in [0.2, 0.25) is 0 Å². The molecule has 110 valence electrons. The number of hydrogen-bond acceptors (Lipinski definition) is 5. The number of carbonyl (C=O) groups is 2. The molecule has 2 N–H and O–H groups in total. The highest BCUT2D eigenvalue weighted by molar-refractivity contribution is 7.12. The van der Waals surface area contributed by atoms with E-state index in [2.05, 4.69) is 5.32 Å². The molecule has 2 rings (SSSR count). The maximum atomic E-state index is 11.7. The molecule has 0 atom stereocenters. The lowest BCUT2D eigenvalue weighted by atomic mass is 10.3. The molecule has 0 radical (unpaired) electrons. The number of benzene rings is 1. The van der Waals surface area contributed by atoms with Gasteiger partial charge in [0, 0.05) is 17.1 Å². The number of amides is 1. The zero-order valence-corrected chi connectivity index (χ0v) is 12.0. The van der Waals surface area contributed by atoms with Crippen LogP contribution in [0.4, 0.5) is 5.69 Å². The molecule has 1 amide bonds. The van der Waals surface area contributed by atoms with Crippen LogP contribution in [0.1, 0.15) is 9.67 Å². The summed E-state index contributed by atoms with van der Waals surface area (Å²) in [7, 11) is 1.56. The number of nitrogens with one attached hydrogen (secondary N) is 1. The van der Waals surface area contributed by atoms with E-state index in [0.717, 1.165) is 11.3 Å². The van der Waals surface area contributed by atoms with Crippen molar-refractivity contribution in [3.05, 3.63) is 40.6 Å². The first-order valence-corrected chi connectivity index (χ1v) is 6.85. The Morgan fingerprint density at radius 2 is 1.95 bits per heavy atom. The van der Waals surface area contributed by atoms with Gasteiger partial charge in [-0.05, 0) is 24.3 Å². The van der Waals surface area contributed by atoms with Crippen LogP contribution in [-0.4, -0.2) is 30.7 Å². The van der Waals surface area contributed by atoms with E-state index in [4.69, 9.17) is 14.6 Å². The molecule has 7 heteroatoms. The molecule has 0 aliphatic heterocycles. The molecule has 0 saturated heterocycles. The average Bonchev–Trinajstić information content (AvgIpc) is 2.95. The van der Waals surface area contributed by atoms with Gasteiger partial charge in [0.25, 0.3) is 5.91 Å². The SMILES string of the molecule is COc1ccc(NC(=O)COc2csc(C(=O)O)c2)cc1. The first kappa shape index (κ1) is 14.9. The molecule has 1 heterocycles. The van der Waals surface area contributed by atoms with Crippen molar-refractivity contribution in [3.63, 3.8) is 0 Å². The highest BCUT2D eigenvalue weighted by Gasteiger charge is 2.09. The van der Waals surface area contributed by atoms with Crippen LogP contribution >= 0.6 is 11.3 Å². The lowest BCUT2D eigenvalue weighted by molar-refractivity contribution is -0.118. The second-order valence-corrected chi connectivity index (χ2v) is 4.93. The number of hydrogen-bond donors (Lipinski definition) is 2. The van der Waals surface area contributed by atoms with Crippen molar-refractivity contribution in [2.24, 2.45) is 0 Å². The second-order valence-electron chi connectivity index (χ2n) is 4.02. The van der Waals surface area contributed by atoms with Crippen molar-refractivity contribution in [2.75, 3.05) is 19.0 Å². The highest BCUT2D eigenvalue weighted by atomic mass is 32.1. The third-order valence-electron chi connectivity index (χ3n) is 2.53. The summed E-state index contributed by atoms with van der Waals surface area (Å²) in [6.45, 7) is -0.193. The summed E-state index contributed by atoms with van der Waals surface area (Å²) in [4.78, 5) is 22.6. The quantitative estimate of drug-likeness (QED) is 0.856. The van der Waals surface area contributed by atoms with Crippen LogP contribution in [0.3, 0.4) is 0 Å². The van der Waals surface area contributed by atoms with Gasteiger partial charge >= 0.3 is 5.97 Å². The van der Waals surface area contributed by atoms with E-state index >= 15 is 0 Å². The molecular formula is C14H13NO5S. The fourth-order valence-corrected chi connectivity index (χ4v) is 2.19. The Kier molecular flexibility index (Phi) is 4.78. The Labute approximate surface area is 124 Å². The second kappa shape index (κ2) is 6.76. The summed E-state index contributed by atoms with van der Waals surface area (Å²) in [6.07, 6.45) is 0. The zero-order valence-electron chi connectivity index (χ0n) is 11.2. The Bertz CT molecular complexity index is 635. The monoisotopic (exact) mass is 307 g/mol. The summed E-state index contributed by atoms with van der Waals surface area (Å²) >= 11 is 1.05. The molecule has 2 aromatic rings. The van der Waals surface area contributed by atoms with E-state index < -0.39 is 5.97 Å². The van der Waals surface area contributed by atoms with Gasteiger partial charge in [-0.3, -0.25) is 4.79 Å². The largest absolute Gasteiger partial charge is 0.497 e. The maximum absolute atomic E-state index is 11.7. The van der Waals surface area contributed by atoms with Gasteiger partial charge in [0.1, 0.15) is 16.4 Å². The van der Waals surface area contributed by atoms with E-state index in [1.165, 1.54) is 6.07 Å². The van der Waals surface area contributed by atoms with Crippen molar-refractivity contribution < 1.29 is 24.2 Å². The van der Waals surface area contributed by atoms with Crippen molar-refractivity contribution in [1.82, 2.24) is 0 Å². The third-order valence-corrected chi connectivity index (χ3v) is 3.43. The Balaban J connectivity index is 1.84. The Morgan fingerprint density at radius 1 is 1.24 bits per heavy atom. The number of anilines is 1. The summed E-state index contributed by atoms with van der Waals surface area (Å²) < 4.78 is 10.2. The van der Waals surface area contributed by atoms with Crippen LogP contribution in [0.15, 0.2) is 35.7 Å². The Hall–Kier alpha value is -2.54. The van der Waals surface area contributed by atoms with Gasteiger partial charge in [0.2, 0.25) is 0 Å². The summed E-state index contributed by atoms with van der Waals surface area (Å²) in [5.41, 5.74) is 0.626. The van der Waals surface area contributed by atoms with Gasteiger partial charge in [-0.25, -0.2) is 4.79 Å². The van der Waals surface area contributed by atoms with Crippen LogP contribution in [0, 0.1) is 0 Å². The van der Waals surface area contributed by atoms with E-state index in [9.17, 15) is 9.59 Å². The first-order valence-electron chi connectivity index (χ1n) is 5.97. The average molecular weight is 307 g/mol. The molecule has 1 aromatic carbocycles. The van der Waals surface area contributed by atoms with Crippen LogP contribution in [0.5, 0.6) is 11.5 Å². The van der Waals surface area contributed by atoms with Gasteiger partial charge in [-0.2, -0.15) is 0 Å². The molecule has 0 fully saturated rings. The highest BCUT2D eigenvalue weighted by Crippen LogP contribution is 2.21.